The maximum atomic E-state index is 7.39. The van der Waals surface area contributed by atoms with Crippen LogP contribution in [0.2, 0.25) is 0 Å². The van der Waals surface area contributed by atoms with Crippen LogP contribution in [0.15, 0.2) is 52.5 Å². The second-order valence-electron chi connectivity index (χ2n) is 3.07. The third-order valence-electron chi connectivity index (χ3n) is 2.04. The van der Waals surface area contributed by atoms with E-state index in [0.717, 1.165) is 11.1 Å². The van der Waals surface area contributed by atoms with E-state index < -0.39 is 0 Å². The predicted molar refractivity (Wildman–Crippen MR) is 60.5 cm³/mol. The number of rotatable bonds is 0. The van der Waals surface area contributed by atoms with Crippen molar-refractivity contribution < 1.29 is 4.42 Å². The zero-order valence-corrected chi connectivity index (χ0v) is 8.42. The van der Waals surface area contributed by atoms with E-state index in [1.54, 1.807) is 6.20 Å². The van der Waals surface area contributed by atoms with Crippen molar-refractivity contribution in [3.8, 4) is 0 Å². The van der Waals surface area contributed by atoms with Gasteiger partial charge in [0.05, 0.1) is 6.20 Å². The van der Waals surface area contributed by atoms with Crippen LogP contribution in [0.3, 0.4) is 0 Å². The molecule has 5 heteroatoms. The molecule has 0 atom stereocenters. The molecule has 2 aromatic rings. The molecule has 1 aromatic carbocycles. The predicted octanol–water partition coefficient (Wildman–Crippen LogP) is 1.41. The number of hydrogen-bond donors (Lipinski definition) is 2. The van der Waals surface area contributed by atoms with Gasteiger partial charge in [0.25, 0.3) is 0 Å². The van der Waals surface area contributed by atoms with Gasteiger partial charge in [-0.05, 0) is 0 Å². The number of oxazole rings is 1. The van der Waals surface area contributed by atoms with Crippen molar-refractivity contribution in [1.82, 2.24) is 4.98 Å². The van der Waals surface area contributed by atoms with Gasteiger partial charge in [-0.2, -0.15) is 0 Å². The fourth-order valence-electron chi connectivity index (χ4n) is 1.33. The van der Waals surface area contributed by atoms with E-state index in [1.165, 1.54) is 12.7 Å². The van der Waals surface area contributed by atoms with Crippen molar-refractivity contribution in [2.45, 2.75) is 0 Å². The molecule has 0 aliphatic carbocycles. The molecule has 0 unspecified atom stereocenters. The molecule has 0 bridgehead atoms. The number of amidine groups is 2. The Morgan fingerprint density at radius 3 is 2.44 bits per heavy atom. The fraction of sp³-hybridized carbons (Fsp3) is 0. The number of aromatic nitrogens is 1. The van der Waals surface area contributed by atoms with Gasteiger partial charge in [0.2, 0.25) is 0 Å². The van der Waals surface area contributed by atoms with E-state index in [0.29, 0.717) is 5.84 Å². The van der Waals surface area contributed by atoms with Crippen molar-refractivity contribution in [3.05, 3.63) is 54.2 Å². The molecule has 2 heterocycles. The normalized spacial score (nSPS) is 12.5. The molecule has 16 heavy (non-hydrogen) atoms. The summed E-state index contributed by atoms with van der Waals surface area (Å²) in [4.78, 5) is 7.39. The lowest BCUT2D eigenvalue weighted by Gasteiger charge is -1.94. The van der Waals surface area contributed by atoms with Crippen molar-refractivity contribution in [2.75, 3.05) is 0 Å². The van der Waals surface area contributed by atoms with Crippen molar-refractivity contribution in [3.63, 3.8) is 0 Å². The minimum absolute atomic E-state index is 0.262. The summed E-state index contributed by atoms with van der Waals surface area (Å²) < 4.78 is 4.47. The molecule has 0 fully saturated rings. The van der Waals surface area contributed by atoms with Gasteiger partial charge in [-0.3, -0.25) is 5.41 Å². The van der Waals surface area contributed by atoms with Crippen molar-refractivity contribution in [2.24, 2.45) is 10.7 Å². The molecule has 0 amide bonds. The van der Waals surface area contributed by atoms with E-state index in [9.17, 15) is 0 Å². The quantitative estimate of drug-likeness (QED) is 0.694. The first-order chi connectivity index (χ1) is 7.79. The maximum Gasteiger partial charge on any atom is 0.180 e. The Morgan fingerprint density at radius 2 is 1.94 bits per heavy atom. The highest BCUT2D eigenvalue weighted by molar-refractivity contribution is 6.20. The molecule has 3 N–H and O–H groups in total. The molecule has 5 nitrogen and oxygen atoms in total. The Kier molecular flexibility index (Phi) is 2.77. The number of hydrogen-bond acceptors (Lipinski definition) is 4. The van der Waals surface area contributed by atoms with E-state index >= 15 is 0 Å². The van der Waals surface area contributed by atoms with Gasteiger partial charge in [-0.1, -0.05) is 24.3 Å². The summed E-state index contributed by atoms with van der Waals surface area (Å²) in [6.07, 6.45) is 4.47. The highest BCUT2D eigenvalue weighted by Gasteiger charge is 2.16. The third kappa shape index (κ3) is 1.98. The van der Waals surface area contributed by atoms with Crippen molar-refractivity contribution in [1.29, 1.82) is 5.41 Å². The first kappa shape index (κ1) is 10.1. The molecule has 80 valence electrons. The number of aliphatic imine (C=N–C) groups is 1. The summed E-state index contributed by atoms with van der Waals surface area (Å²) in [5.74, 6) is 0.712. The summed E-state index contributed by atoms with van der Waals surface area (Å²) in [6.45, 7) is 0. The summed E-state index contributed by atoms with van der Waals surface area (Å²) in [5, 5.41) is 7.39. The lowest BCUT2D eigenvalue weighted by Crippen LogP contribution is -2.09. The fourth-order valence-corrected chi connectivity index (χ4v) is 1.33. The van der Waals surface area contributed by atoms with Crippen LogP contribution >= 0.6 is 0 Å². The average Bonchev–Trinajstić information content (AvgIpc) is 2.94. The monoisotopic (exact) mass is 214 g/mol. The first-order valence-electron chi connectivity index (χ1n) is 4.63. The van der Waals surface area contributed by atoms with Gasteiger partial charge in [0, 0.05) is 11.1 Å². The van der Waals surface area contributed by atoms with Crippen molar-refractivity contribution >= 4 is 11.7 Å². The third-order valence-corrected chi connectivity index (χ3v) is 2.04. The second-order valence-corrected chi connectivity index (χ2v) is 3.07. The van der Waals surface area contributed by atoms with Gasteiger partial charge < -0.3 is 10.2 Å². The van der Waals surface area contributed by atoms with Crippen LogP contribution in [0, 0.1) is 5.41 Å². The number of fused-ring (bicyclic) bond motifs is 1. The highest BCUT2D eigenvalue weighted by Crippen LogP contribution is 2.15. The van der Waals surface area contributed by atoms with Crippen LogP contribution in [-0.4, -0.2) is 16.7 Å². The van der Waals surface area contributed by atoms with E-state index in [-0.39, 0.29) is 5.84 Å². The molecular formula is C11H10N4O. The topological polar surface area (TPSA) is 88.3 Å². The highest BCUT2D eigenvalue weighted by atomic mass is 16.3. The molecule has 0 saturated heterocycles. The summed E-state index contributed by atoms with van der Waals surface area (Å²) in [5.41, 5.74) is 7.24. The number of nitrogens with zero attached hydrogens (tertiary/aromatic N) is 2. The van der Waals surface area contributed by atoms with Gasteiger partial charge >= 0.3 is 0 Å². The second kappa shape index (κ2) is 4.39. The maximum absolute atomic E-state index is 7.39. The average molecular weight is 214 g/mol. The van der Waals surface area contributed by atoms with Crippen LogP contribution in [0.1, 0.15) is 11.1 Å². The molecule has 0 radical (unpaired) electrons. The van der Waals surface area contributed by atoms with Crippen LogP contribution in [0.25, 0.3) is 0 Å². The molecule has 0 spiro atoms. The van der Waals surface area contributed by atoms with Gasteiger partial charge in [0.1, 0.15) is 12.1 Å². The molecular weight excluding hydrogens is 204 g/mol. The van der Waals surface area contributed by atoms with Gasteiger partial charge in [0.15, 0.2) is 12.2 Å². The van der Waals surface area contributed by atoms with Crippen LogP contribution < -0.4 is 5.73 Å². The number of nitrogens with one attached hydrogen (secondary N) is 1. The minimum atomic E-state index is 0.262. The first-order valence-corrected chi connectivity index (χ1v) is 4.63. The Hall–Kier alpha value is -2.43. The molecule has 1 aliphatic heterocycles. The molecule has 3 rings (SSSR count). The smallest absolute Gasteiger partial charge is 0.180 e. The number of nitrogens with two attached hydrogens (primary N) is 1. The lowest BCUT2D eigenvalue weighted by atomic mass is 10.1. The number of benzene rings is 1. The Bertz CT molecular complexity index is 499. The molecule has 1 aromatic heterocycles. The van der Waals surface area contributed by atoms with Gasteiger partial charge in [-0.25, -0.2) is 9.98 Å². The Balaban J connectivity index is 0.000000162. The van der Waals surface area contributed by atoms with Gasteiger partial charge in [-0.15, -0.1) is 0 Å². The van der Waals surface area contributed by atoms with E-state index in [2.05, 4.69) is 14.4 Å². The summed E-state index contributed by atoms with van der Waals surface area (Å²) in [7, 11) is 0. The van der Waals surface area contributed by atoms with Crippen LogP contribution in [-0.2, 0) is 0 Å². The summed E-state index contributed by atoms with van der Waals surface area (Å²) >= 11 is 0. The molecule has 0 saturated carbocycles. The van der Waals surface area contributed by atoms with E-state index in [1.807, 2.05) is 24.3 Å². The van der Waals surface area contributed by atoms with E-state index in [4.69, 9.17) is 11.1 Å². The SMILES string of the molecule is N=C1N=C(N)c2ccccc21.c1cocn1. The Labute approximate surface area is 92.2 Å². The Morgan fingerprint density at radius 1 is 1.19 bits per heavy atom. The molecule has 1 aliphatic rings. The zero-order valence-electron chi connectivity index (χ0n) is 8.42. The summed E-state index contributed by atoms with van der Waals surface area (Å²) in [6, 6.07) is 7.48. The largest absolute Gasteiger partial charge is 0.452 e. The lowest BCUT2D eigenvalue weighted by molar-refractivity contribution is 0.558. The zero-order chi connectivity index (χ0) is 11.4. The minimum Gasteiger partial charge on any atom is -0.452 e. The van der Waals surface area contributed by atoms with Crippen LogP contribution in [0.5, 0.6) is 0 Å². The van der Waals surface area contributed by atoms with Crippen LogP contribution in [0.4, 0.5) is 0 Å². The standard InChI is InChI=1S/C8H7N3.C3H3NO/c9-7-5-3-1-2-4-6(5)8(10)11-7;1-2-5-3-4-1/h1-4H,(H3,9,10,11);1-3H.